The first-order chi connectivity index (χ1) is 20.0. The van der Waals surface area contributed by atoms with Crippen molar-refractivity contribution >= 4 is 33.8 Å². The average molecular weight is 668 g/mol. The van der Waals surface area contributed by atoms with Crippen LogP contribution in [0.2, 0.25) is 0 Å². The van der Waals surface area contributed by atoms with Crippen LogP contribution < -0.4 is 0 Å². The lowest BCUT2D eigenvalue weighted by atomic mass is 9.36. The van der Waals surface area contributed by atoms with Crippen molar-refractivity contribution in [1.82, 2.24) is 0 Å². The fourth-order valence-corrected chi connectivity index (χ4v) is 10.2. The highest BCUT2D eigenvalue weighted by Gasteiger charge is 2.70. The smallest absolute Gasteiger partial charge is 0.336 e. The van der Waals surface area contributed by atoms with Crippen molar-refractivity contribution in [3.8, 4) is 0 Å². The van der Waals surface area contributed by atoms with E-state index in [0.717, 1.165) is 41.3 Å². The molecule has 0 heterocycles. The number of rotatable bonds is 7. The molecule has 43 heavy (non-hydrogen) atoms. The molecule has 0 spiro atoms. The van der Waals surface area contributed by atoms with Gasteiger partial charge in [0.05, 0.1) is 12.2 Å². The molecule has 2 N–H and O–H groups in total. The quantitative estimate of drug-likeness (QED) is 0.183. The number of hydrogen-bond donors (Lipinski definition) is 2. The molecule has 0 aromatic carbocycles. The number of esters is 3. The molecule has 0 aromatic rings. The van der Waals surface area contributed by atoms with Gasteiger partial charge in [0.2, 0.25) is 6.79 Å². The van der Waals surface area contributed by atoms with E-state index >= 15 is 0 Å². The Hall–Kier alpha value is -1.71. The minimum atomic E-state index is -0.630. The molecule has 9 heteroatoms. The van der Waals surface area contributed by atoms with Gasteiger partial charge in [-0.2, -0.15) is 0 Å². The van der Waals surface area contributed by atoms with Crippen LogP contribution in [0.15, 0.2) is 21.2 Å². The van der Waals surface area contributed by atoms with Crippen molar-refractivity contribution < 1.29 is 38.8 Å². The Kier molecular flexibility index (Phi) is 10.0. The molecule has 4 rings (SSSR count). The van der Waals surface area contributed by atoms with Gasteiger partial charge in [-0.05, 0) is 115 Å². The summed E-state index contributed by atoms with van der Waals surface area (Å²) in [5.41, 5.74) is 1.45. The van der Waals surface area contributed by atoms with E-state index in [4.69, 9.17) is 14.2 Å². The highest BCUT2D eigenvalue weighted by molar-refractivity contribution is 9.11. The van der Waals surface area contributed by atoms with Crippen LogP contribution in [0.3, 0.4) is 0 Å². The summed E-state index contributed by atoms with van der Waals surface area (Å²) in [7, 11) is 0. The molecule has 4 aliphatic rings. The van der Waals surface area contributed by atoms with E-state index in [1.807, 2.05) is 13.8 Å². The Labute approximate surface area is 265 Å². The minimum absolute atomic E-state index is 0.00599. The third kappa shape index (κ3) is 5.99. The maximum absolute atomic E-state index is 13.7. The minimum Gasteiger partial charge on any atom is -0.458 e. The topological polar surface area (TPSA) is 119 Å². The molecule has 0 amide bonds. The van der Waals surface area contributed by atoms with Crippen LogP contribution in [-0.4, -0.2) is 53.2 Å². The Morgan fingerprint density at radius 2 is 1.58 bits per heavy atom. The number of fused-ring (bicyclic) bond motifs is 5. The molecule has 0 radical (unpaired) electrons. The van der Waals surface area contributed by atoms with Crippen LogP contribution >= 0.6 is 15.9 Å². The van der Waals surface area contributed by atoms with E-state index in [1.54, 1.807) is 0 Å². The summed E-state index contributed by atoms with van der Waals surface area (Å²) < 4.78 is 17.4. The lowest BCUT2D eigenvalue weighted by Crippen LogP contribution is -2.65. The van der Waals surface area contributed by atoms with Gasteiger partial charge in [-0.25, -0.2) is 4.79 Å². The fourth-order valence-electron chi connectivity index (χ4n) is 10.0. The zero-order valence-corrected chi connectivity index (χ0v) is 28.7. The van der Waals surface area contributed by atoms with E-state index in [-0.39, 0.29) is 40.1 Å². The van der Waals surface area contributed by atoms with Crippen LogP contribution in [0.4, 0.5) is 0 Å². The van der Waals surface area contributed by atoms with Crippen LogP contribution in [0.5, 0.6) is 0 Å². The zero-order chi connectivity index (χ0) is 32.1. The number of carbonyl (C=O) groups excluding carboxylic acids is 3. The van der Waals surface area contributed by atoms with Crippen molar-refractivity contribution in [3.63, 3.8) is 0 Å². The number of hydrogen-bond acceptors (Lipinski definition) is 8. The second-order valence-electron chi connectivity index (χ2n) is 14.6. The van der Waals surface area contributed by atoms with E-state index < -0.39 is 36.9 Å². The van der Waals surface area contributed by atoms with Gasteiger partial charge in [-0.3, -0.25) is 9.59 Å². The van der Waals surface area contributed by atoms with Gasteiger partial charge in [-0.1, -0.05) is 49.2 Å². The molecule has 10 atom stereocenters. The van der Waals surface area contributed by atoms with Gasteiger partial charge in [0, 0.05) is 19.4 Å². The van der Waals surface area contributed by atoms with Crippen molar-refractivity contribution in [2.75, 3.05) is 6.79 Å². The highest BCUT2D eigenvalue weighted by Crippen LogP contribution is 2.74. The van der Waals surface area contributed by atoms with Crippen LogP contribution in [0, 0.1) is 39.9 Å². The Morgan fingerprint density at radius 1 is 0.907 bits per heavy atom. The van der Waals surface area contributed by atoms with E-state index in [1.165, 1.54) is 13.8 Å². The van der Waals surface area contributed by atoms with Crippen LogP contribution in [0.1, 0.15) is 107 Å². The van der Waals surface area contributed by atoms with Gasteiger partial charge >= 0.3 is 17.9 Å². The number of allylic oxidation sites excluding steroid dienone is 2. The number of aliphatic hydroxyl groups excluding tert-OH is 2. The normalized spacial score (nSPS) is 41.2. The Bertz CT molecular complexity index is 1190. The first-order valence-electron chi connectivity index (χ1n) is 15.9. The summed E-state index contributed by atoms with van der Waals surface area (Å²) in [5.74, 6) is -1.29. The molecule has 242 valence electrons. The Morgan fingerprint density at radius 3 is 2.19 bits per heavy atom. The SMILES string of the molecule is CC(=O)OCOC(=O)/C(CCC(Br)=C(C)C)=C1/C2CC(O)C3[C@@]4(C)CC[C@@H](O)[C@@H](C)C4CC[C@]3(C)[C@@]2(C)C[C@@H]1OC(C)=O. The standard InChI is InChI=1S/C34H51BrO8/c1-18(2)25(35)10-9-22(31(40)42-17-41-20(4)36)29-24-15-27(39)30-32(6)13-12-26(38)19(3)23(32)11-14-33(30,7)34(24,8)16-28(29)43-21(5)37/h19,23-24,26-28,30,38-39H,9-17H2,1-8H3/b29-22-/t19-,23?,24?,26+,27?,28-,30?,32-,33-,34-/m0/s1. The predicted octanol–water partition coefficient (Wildman–Crippen LogP) is 6.37. The van der Waals surface area contributed by atoms with Gasteiger partial charge in [0.15, 0.2) is 0 Å². The van der Waals surface area contributed by atoms with Crippen molar-refractivity contribution in [1.29, 1.82) is 0 Å². The predicted molar refractivity (Wildman–Crippen MR) is 166 cm³/mol. The third-order valence-electron chi connectivity index (χ3n) is 12.2. The summed E-state index contributed by atoms with van der Waals surface area (Å²) >= 11 is 3.64. The van der Waals surface area contributed by atoms with Gasteiger partial charge < -0.3 is 24.4 Å². The Balaban J connectivity index is 1.83. The van der Waals surface area contributed by atoms with Crippen LogP contribution in [0.25, 0.3) is 0 Å². The van der Waals surface area contributed by atoms with E-state index in [2.05, 4.69) is 43.6 Å². The molecular formula is C34H51BrO8. The molecule has 4 aliphatic carbocycles. The summed E-state index contributed by atoms with van der Waals surface area (Å²) in [6, 6.07) is 0. The number of aliphatic hydroxyl groups is 2. The number of ether oxygens (including phenoxy) is 3. The molecule has 4 saturated carbocycles. The maximum Gasteiger partial charge on any atom is 0.336 e. The molecule has 0 saturated heterocycles. The highest BCUT2D eigenvalue weighted by atomic mass is 79.9. The number of carbonyl (C=O) groups is 3. The van der Waals surface area contributed by atoms with E-state index in [0.29, 0.717) is 37.2 Å². The molecule has 4 unspecified atom stereocenters. The molecular weight excluding hydrogens is 616 g/mol. The fraction of sp³-hybridized carbons (Fsp3) is 0.794. The largest absolute Gasteiger partial charge is 0.458 e. The van der Waals surface area contributed by atoms with Gasteiger partial charge in [0.25, 0.3) is 0 Å². The average Bonchev–Trinajstić information content (AvgIpc) is 3.17. The molecule has 4 fully saturated rings. The first-order valence-corrected chi connectivity index (χ1v) is 16.7. The first kappa shape index (κ1) is 34.2. The van der Waals surface area contributed by atoms with Crippen molar-refractivity contribution in [2.45, 2.75) is 125 Å². The van der Waals surface area contributed by atoms with Crippen molar-refractivity contribution in [3.05, 3.63) is 21.2 Å². The molecule has 0 aromatic heterocycles. The zero-order valence-electron chi connectivity index (χ0n) is 27.1. The molecule has 0 aliphatic heterocycles. The second kappa shape index (κ2) is 12.6. The van der Waals surface area contributed by atoms with Gasteiger partial charge in [0.1, 0.15) is 6.10 Å². The van der Waals surface area contributed by atoms with E-state index in [9.17, 15) is 24.6 Å². The molecule has 0 bridgehead atoms. The third-order valence-corrected chi connectivity index (χ3v) is 13.4. The van der Waals surface area contributed by atoms with Crippen LogP contribution in [-0.2, 0) is 28.6 Å². The lowest BCUT2D eigenvalue weighted by Gasteiger charge is -2.69. The lowest BCUT2D eigenvalue weighted by molar-refractivity contribution is -0.234. The molecule has 8 nitrogen and oxygen atoms in total. The maximum atomic E-state index is 13.7. The summed E-state index contributed by atoms with van der Waals surface area (Å²) in [4.78, 5) is 37.6. The summed E-state index contributed by atoms with van der Waals surface area (Å²) in [5, 5.41) is 22.9. The second-order valence-corrected chi connectivity index (χ2v) is 15.6. The van der Waals surface area contributed by atoms with Gasteiger partial charge in [-0.15, -0.1) is 0 Å². The monoisotopic (exact) mass is 666 g/mol. The summed E-state index contributed by atoms with van der Waals surface area (Å²) in [6.07, 6.45) is 3.76. The van der Waals surface area contributed by atoms with Crippen molar-refractivity contribution in [2.24, 2.45) is 39.9 Å². The number of halogens is 1. The summed E-state index contributed by atoms with van der Waals surface area (Å²) in [6.45, 7) is 15.2.